The van der Waals surface area contributed by atoms with E-state index in [1.54, 1.807) is 36.4 Å². The van der Waals surface area contributed by atoms with Crippen LogP contribution in [0.4, 0.5) is 0 Å². The van der Waals surface area contributed by atoms with Crippen LogP contribution in [0.5, 0.6) is 11.5 Å². The summed E-state index contributed by atoms with van der Waals surface area (Å²) >= 11 is 6.55. The fourth-order valence-electron chi connectivity index (χ4n) is 2.30. The number of rotatable bonds is 8. The number of hydrogen-bond acceptors (Lipinski definition) is 5. The van der Waals surface area contributed by atoms with Crippen molar-refractivity contribution in [2.45, 2.75) is 25.9 Å². The topological polar surface area (TPSA) is 91.2 Å². The Hall–Kier alpha value is -1.90. The first-order chi connectivity index (χ1) is 12.9. The van der Waals surface area contributed by atoms with Crippen LogP contribution in [0, 0.1) is 0 Å². The maximum absolute atomic E-state index is 11.9. The molecule has 1 unspecified atom stereocenters. The number of ether oxygens (including phenoxy) is 1. The first kappa shape index (κ1) is 21.4. The van der Waals surface area contributed by atoms with Gasteiger partial charge in [0.1, 0.15) is 11.5 Å². The third-order valence-electron chi connectivity index (χ3n) is 3.67. The van der Waals surface area contributed by atoms with Gasteiger partial charge in [0.25, 0.3) is 0 Å². The van der Waals surface area contributed by atoms with E-state index in [1.807, 2.05) is 6.92 Å². The fraction of sp³-hybridized carbons (Fsp3) is 0.263. The van der Waals surface area contributed by atoms with Gasteiger partial charge in [0.15, 0.2) is 0 Å². The SMILES string of the molecule is CCOc1ccc(C(O)CCC(=O)N/N=C/c2cc(Br)cc(Br)c2O)cc1. The number of halogens is 2. The molecule has 0 bridgehead atoms. The van der Waals surface area contributed by atoms with E-state index in [0.717, 1.165) is 15.8 Å². The van der Waals surface area contributed by atoms with Crippen molar-refractivity contribution in [2.24, 2.45) is 5.10 Å². The minimum absolute atomic E-state index is 0.0297. The van der Waals surface area contributed by atoms with E-state index in [2.05, 4.69) is 42.4 Å². The number of phenols is 1. The molecule has 0 aromatic heterocycles. The second-order valence-electron chi connectivity index (χ2n) is 5.68. The van der Waals surface area contributed by atoms with E-state index in [4.69, 9.17) is 4.74 Å². The first-order valence-corrected chi connectivity index (χ1v) is 9.90. The minimum atomic E-state index is -0.750. The molecule has 27 heavy (non-hydrogen) atoms. The van der Waals surface area contributed by atoms with Crippen LogP contribution in [0.2, 0.25) is 0 Å². The summed E-state index contributed by atoms with van der Waals surface area (Å²) in [6, 6.07) is 10.5. The molecule has 0 saturated heterocycles. The molecule has 0 aliphatic carbocycles. The number of aromatic hydroxyl groups is 1. The molecular weight excluding hydrogens is 480 g/mol. The van der Waals surface area contributed by atoms with E-state index in [9.17, 15) is 15.0 Å². The van der Waals surface area contributed by atoms with Crippen LogP contribution >= 0.6 is 31.9 Å². The van der Waals surface area contributed by atoms with Gasteiger partial charge in [0.05, 0.1) is 23.4 Å². The summed E-state index contributed by atoms with van der Waals surface area (Å²) in [5, 5.41) is 24.0. The molecule has 3 N–H and O–H groups in total. The standard InChI is InChI=1S/C19H20Br2N2O4/c1-2-27-15-5-3-12(4-6-15)17(24)7-8-18(25)23-22-11-13-9-14(20)10-16(21)19(13)26/h3-6,9-11,17,24,26H,2,7-8H2,1H3,(H,23,25)/b22-11+. The molecule has 2 aromatic carbocycles. The number of nitrogens with one attached hydrogen (secondary N) is 1. The van der Waals surface area contributed by atoms with Gasteiger partial charge in [-0.05, 0) is 59.1 Å². The Kier molecular flexibility index (Phi) is 8.27. The number of phenolic OH excluding ortho intramolecular Hbond substituents is 1. The van der Waals surface area contributed by atoms with Gasteiger partial charge in [-0.3, -0.25) is 4.79 Å². The predicted molar refractivity (Wildman–Crippen MR) is 111 cm³/mol. The lowest BCUT2D eigenvalue weighted by Gasteiger charge is -2.11. The summed E-state index contributed by atoms with van der Waals surface area (Å²) < 4.78 is 6.64. The van der Waals surface area contributed by atoms with Crippen molar-refractivity contribution >= 4 is 44.0 Å². The van der Waals surface area contributed by atoms with Crippen LogP contribution in [0.15, 0.2) is 50.4 Å². The Morgan fingerprint density at radius 1 is 1.30 bits per heavy atom. The number of nitrogens with zero attached hydrogens (tertiary/aromatic N) is 1. The summed E-state index contributed by atoms with van der Waals surface area (Å²) in [5.74, 6) is 0.440. The molecule has 1 amide bonds. The Labute approximate surface area is 174 Å². The molecule has 6 nitrogen and oxygen atoms in total. The third-order valence-corrected chi connectivity index (χ3v) is 4.73. The zero-order chi connectivity index (χ0) is 19.8. The van der Waals surface area contributed by atoms with Gasteiger partial charge >= 0.3 is 0 Å². The number of aliphatic hydroxyl groups excluding tert-OH is 1. The van der Waals surface area contributed by atoms with Gasteiger partial charge < -0.3 is 14.9 Å². The number of aliphatic hydroxyl groups is 1. The molecule has 0 saturated carbocycles. The fourth-order valence-corrected chi connectivity index (χ4v) is 3.56. The molecule has 0 radical (unpaired) electrons. The molecule has 0 aliphatic heterocycles. The summed E-state index contributed by atoms with van der Waals surface area (Å²) in [7, 11) is 0. The molecule has 2 aromatic rings. The Balaban J connectivity index is 1.83. The third kappa shape index (κ3) is 6.64. The van der Waals surface area contributed by atoms with Crippen LogP contribution in [0.1, 0.15) is 37.0 Å². The van der Waals surface area contributed by atoms with Crippen molar-refractivity contribution in [3.05, 3.63) is 56.5 Å². The lowest BCUT2D eigenvalue weighted by Crippen LogP contribution is -2.18. The van der Waals surface area contributed by atoms with E-state index in [1.165, 1.54) is 6.21 Å². The molecule has 0 spiro atoms. The second kappa shape index (κ2) is 10.4. The second-order valence-corrected chi connectivity index (χ2v) is 7.45. The molecule has 0 fully saturated rings. The molecule has 144 valence electrons. The monoisotopic (exact) mass is 498 g/mol. The van der Waals surface area contributed by atoms with Crippen molar-refractivity contribution in [2.75, 3.05) is 6.61 Å². The van der Waals surface area contributed by atoms with Crippen LogP contribution < -0.4 is 10.2 Å². The number of hydrogen-bond donors (Lipinski definition) is 3. The van der Waals surface area contributed by atoms with Crippen LogP contribution in [0.3, 0.4) is 0 Å². The number of benzene rings is 2. The van der Waals surface area contributed by atoms with Gasteiger partial charge in [-0.1, -0.05) is 28.1 Å². The Bertz CT molecular complexity index is 810. The highest BCUT2D eigenvalue weighted by Gasteiger charge is 2.11. The smallest absolute Gasteiger partial charge is 0.240 e. The zero-order valence-corrected chi connectivity index (χ0v) is 17.8. The van der Waals surface area contributed by atoms with Gasteiger partial charge in [0, 0.05) is 16.5 Å². The van der Waals surface area contributed by atoms with Crippen LogP contribution in [-0.2, 0) is 4.79 Å². The normalized spacial score (nSPS) is 12.1. The van der Waals surface area contributed by atoms with E-state index in [-0.39, 0.29) is 24.5 Å². The quantitative estimate of drug-likeness (QED) is 0.373. The van der Waals surface area contributed by atoms with Crippen LogP contribution in [0.25, 0.3) is 0 Å². The number of carbonyl (C=O) groups excluding carboxylic acids is 1. The molecule has 2 rings (SSSR count). The lowest BCUT2D eigenvalue weighted by molar-refractivity contribution is -0.121. The van der Waals surface area contributed by atoms with Crippen molar-refractivity contribution < 1.29 is 19.7 Å². The Morgan fingerprint density at radius 2 is 2.00 bits per heavy atom. The average molecular weight is 500 g/mol. The van der Waals surface area contributed by atoms with Crippen molar-refractivity contribution in [1.82, 2.24) is 5.43 Å². The summed E-state index contributed by atoms with van der Waals surface area (Å²) in [4.78, 5) is 11.9. The highest BCUT2D eigenvalue weighted by molar-refractivity contribution is 9.11. The van der Waals surface area contributed by atoms with Crippen molar-refractivity contribution in [3.63, 3.8) is 0 Å². The van der Waals surface area contributed by atoms with Crippen molar-refractivity contribution in [1.29, 1.82) is 0 Å². The van der Waals surface area contributed by atoms with Gasteiger partial charge in [-0.2, -0.15) is 5.10 Å². The van der Waals surface area contributed by atoms with E-state index >= 15 is 0 Å². The van der Waals surface area contributed by atoms with Gasteiger partial charge in [-0.25, -0.2) is 5.43 Å². The zero-order valence-electron chi connectivity index (χ0n) is 14.7. The molecule has 8 heteroatoms. The molecule has 1 atom stereocenters. The molecule has 0 aliphatic rings. The highest BCUT2D eigenvalue weighted by Crippen LogP contribution is 2.30. The van der Waals surface area contributed by atoms with Crippen LogP contribution in [-0.4, -0.2) is 28.9 Å². The molecular formula is C19H20Br2N2O4. The summed E-state index contributed by atoms with van der Waals surface area (Å²) in [5.41, 5.74) is 3.56. The summed E-state index contributed by atoms with van der Waals surface area (Å²) in [6.07, 6.45) is 0.981. The lowest BCUT2D eigenvalue weighted by atomic mass is 10.0. The van der Waals surface area contributed by atoms with Gasteiger partial charge in [0.2, 0.25) is 5.91 Å². The Morgan fingerprint density at radius 3 is 2.67 bits per heavy atom. The number of carbonyl (C=O) groups is 1. The van der Waals surface area contributed by atoms with E-state index < -0.39 is 6.10 Å². The molecule has 0 heterocycles. The highest BCUT2D eigenvalue weighted by atomic mass is 79.9. The first-order valence-electron chi connectivity index (χ1n) is 8.31. The van der Waals surface area contributed by atoms with Gasteiger partial charge in [-0.15, -0.1) is 0 Å². The maximum atomic E-state index is 11.9. The maximum Gasteiger partial charge on any atom is 0.240 e. The number of amides is 1. The minimum Gasteiger partial charge on any atom is -0.506 e. The largest absolute Gasteiger partial charge is 0.506 e. The average Bonchev–Trinajstić information content (AvgIpc) is 2.64. The predicted octanol–water partition coefficient (Wildman–Crippen LogP) is 4.28. The van der Waals surface area contributed by atoms with Crippen molar-refractivity contribution in [3.8, 4) is 11.5 Å². The number of hydrazone groups is 1. The van der Waals surface area contributed by atoms with E-state index in [0.29, 0.717) is 16.6 Å². The summed E-state index contributed by atoms with van der Waals surface area (Å²) in [6.45, 7) is 2.48.